The van der Waals surface area contributed by atoms with E-state index < -0.39 is 6.23 Å². The van der Waals surface area contributed by atoms with Crippen LogP contribution in [0, 0.1) is 12.8 Å². The number of Topliss-reactive ketones (excluding diaryl/α,β-unsaturated/α-hetero) is 1. The third-order valence-electron chi connectivity index (χ3n) is 7.01. The van der Waals surface area contributed by atoms with E-state index in [1.54, 1.807) is 32.7 Å². The molecule has 33 heavy (non-hydrogen) atoms. The second-order valence-corrected chi connectivity index (χ2v) is 9.71. The van der Waals surface area contributed by atoms with E-state index in [1.165, 1.54) is 0 Å². The zero-order chi connectivity index (χ0) is 23.3. The van der Waals surface area contributed by atoms with Gasteiger partial charge in [0.05, 0.1) is 27.5 Å². The fourth-order valence-corrected chi connectivity index (χ4v) is 6.54. The standard InChI is InChI=1S/C24H29N3O5S/c1-11-5-6-33-22(11)19-18-14(25-23-20(19)24(29)27-26-23)7-12(8-15(18)28)13-9-16(30-2)21(32-4)17(10-13)31-3/h5-6,9-10,12,19-20,23-27,29H,7-8H2,1-4H3/t12-,19-,20?,23?,24?/m1/s1. The Morgan fingerprint density at radius 2 is 1.79 bits per heavy atom. The van der Waals surface area contributed by atoms with Crippen molar-refractivity contribution in [2.24, 2.45) is 5.92 Å². The summed E-state index contributed by atoms with van der Waals surface area (Å²) in [6, 6.07) is 5.93. The largest absolute Gasteiger partial charge is 0.493 e. The molecule has 3 aliphatic rings. The SMILES string of the molecule is COc1cc([C@H]2CC(=O)C3=C(C2)NC2NNC(O)C2[C@@H]3c2sccc2C)cc(OC)c1OC. The molecule has 0 bridgehead atoms. The van der Waals surface area contributed by atoms with E-state index in [-0.39, 0.29) is 29.7 Å². The number of thiophene rings is 1. The third-order valence-corrected chi connectivity index (χ3v) is 8.11. The average molecular weight is 472 g/mol. The lowest BCUT2D eigenvalue weighted by Gasteiger charge is -2.41. The van der Waals surface area contributed by atoms with Crippen molar-refractivity contribution >= 4 is 17.1 Å². The second-order valence-electron chi connectivity index (χ2n) is 8.76. The maximum atomic E-state index is 13.7. The van der Waals surface area contributed by atoms with Crippen molar-refractivity contribution in [3.05, 3.63) is 50.9 Å². The zero-order valence-electron chi connectivity index (χ0n) is 19.1. The summed E-state index contributed by atoms with van der Waals surface area (Å²) in [7, 11) is 4.76. The number of carbonyl (C=O) groups is 1. The van der Waals surface area contributed by atoms with Crippen LogP contribution in [0.2, 0.25) is 0 Å². The molecule has 4 N–H and O–H groups in total. The molecule has 0 spiro atoms. The van der Waals surface area contributed by atoms with E-state index in [4.69, 9.17) is 14.2 Å². The Kier molecular flexibility index (Phi) is 5.82. The zero-order valence-corrected chi connectivity index (χ0v) is 19.9. The summed E-state index contributed by atoms with van der Waals surface area (Å²) in [5.41, 5.74) is 9.97. The smallest absolute Gasteiger partial charge is 0.203 e. The Hall–Kier alpha value is -2.59. The summed E-state index contributed by atoms with van der Waals surface area (Å²) in [4.78, 5) is 14.8. The minimum Gasteiger partial charge on any atom is -0.493 e. The van der Waals surface area contributed by atoms with Crippen LogP contribution in [0.3, 0.4) is 0 Å². The summed E-state index contributed by atoms with van der Waals surface area (Å²) >= 11 is 1.65. The molecule has 3 unspecified atom stereocenters. The molecule has 1 aromatic heterocycles. The van der Waals surface area contributed by atoms with Crippen LogP contribution in [0.15, 0.2) is 34.8 Å². The van der Waals surface area contributed by atoms with Gasteiger partial charge in [0.25, 0.3) is 0 Å². The van der Waals surface area contributed by atoms with Gasteiger partial charge in [0.15, 0.2) is 17.3 Å². The Balaban J connectivity index is 1.56. The van der Waals surface area contributed by atoms with Crippen molar-refractivity contribution in [1.82, 2.24) is 16.2 Å². The number of benzene rings is 1. The van der Waals surface area contributed by atoms with Gasteiger partial charge >= 0.3 is 0 Å². The predicted octanol–water partition coefficient (Wildman–Crippen LogP) is 2.54. The van der Waals surface area contributed by atoms with Gasteiger partial charge in [0, 0.05) is 34.4 Å². The summed E-state index contributed by atoms with van der Waals surface area (Å²) in [5.74, 6) is 1.43. The van der Waals surface area contributed by atoms with Crippen LogP contribution >= 0.6 is 11.3 Å². The van der Waals surface area contributed by atoms with Gasteiger partial charge in [0.1, 0.15) is 6.23 Å². The molecule has 1 aliphatic carbocycles. The van der Waals surface area contributed by atoms with E-state index in [9.17, 15) is 9.90 Å². The van der Waals surface area contributed by atoms with Gasteiger partial charge < -0.3 is 24.6 Å². The number of methoxy groups -OCH3 is 3. The molecule has 9 heteroatoms. The first-order chi connectivity index (χ1) is 16.0. The van der Waals surface area contributed by atoms with Crippen LogP contribution in [0.25, 0.3) is 0 Å². The molecular weight excluding hydrogens is 442 g/mol. The number of carbonyl (C=O) groups excluding carboxylic acids is 1. The summed E-state index contributed by atoms with van der Waals surface area (Å²) < 4.78 is 16.5. The minimum absolute atomic E-state index is 0.0293. The van der Waals surface area contributed by atoms with E-state index in [0.29, 0.717) is 30.1 Å². The highest BCUT2D eigenvalue weighted by Crippen LogP contribution is 2.50. The third kappa shape index (κ3) is 3.59. The van der Waals surface area contributed by atoms with E-state index in [0.717, 1.165) is 27.3 Å². The molecule has 1 aromatic carbocycles. The quantitative estimate of drug-likeness (QED) is 0.528. The Morgan fingerprint density at radius 3 is 2.39 bits per heavy atom. The topological polar surface area (TPSA) is 101 Å². The molecule has 176 valence electrons. The molecule has 0 radical (unpaired) electrons. The average Bonchev–Trinajstić information content (AvgIpc) is 3.41. The minimum atomic E-state index is -0.747. The predicted molar refractivity (Wildman–Crippen MR) is 125 cm³/mol. The highest BCUT2D eigenvalue weighted by Gasteiger charge is 2.50. The molecule has 2 aromatic rings. The second kappa shape index (κ2) is 8.64. The van der Waals surface area contributed by atoms with Gasteiger partial charge in [-0.1, -0.05) is 0 Å². The number of aryl methyl sites for hydroxylation is 1. The first kappa shape index (κ1) is 22.2. The van der Waals surface area contributed by atoms with E-state index in [2.05, 4.69) is 34.5 Å². The fraction of sp³-hybridized carbons (Fsp3) is 0.458. The highest BCUT2D eigenvalue weighted by atomic mass is 32.1. The van der Waals surface area contributed by atoms with Crippen molar-refractivity contribution in [2.75, 3.05) is 21.3 Å². The number of hydrazine groups is 1. The number of aliphatic hydroxyl groups is 1. The van der Waals surface area contributed by atoms with Crippen molar-refractivity contribution in [2.45, 2.75) is 44.0 Å². The van der Waals surface area contributed by atoms with Crippen LogP contribution in [0.5, 0.6) is 17.2 Å². The lowest BCUT2D eigenvalue weighted by Crippen LogP contribution is -2.51. The van der Waals surface area contributed by atoms with Gasteiger partial charge in [-0.15, -0.1) is 11.3 Å². The first-order valence-electron chi connectivity index (χ1n) is 11.0. The number of ketones is 1. The lowest BCUT2D eigenvalue weighted by atomic mass is 9.70. The van der Waals surface area contributed by atoms with Crippen LogP contribution in [-0.4, -0.2) is 44.6 Å². The Bertz CT molecular complexity index is 1090. The fourth-order valence-electron chi connectivity index (χ4n) is 5.45. The summed E-state index contributed by atoms with van der Waals surface area (Å²) in [6.45, 7) is 2.07. The van der Waals surface area contributed by atoms with Crippen LogP contribution in [-0.2, 0) is 4.79 Å². The van der Waals surface area contributed by atoms with E-state index >= 15 is 0 Å². The number of rotatable bonds is 5. The lowest BCUT2D eigenvalue weighted by molar-refractivity contribution is -0.117. The molecular formula is C24H29N3O5S. The maximum Gasteiger partial charge on any atom is 0.203 e. The van der Waals surface area contributed by atoms with Crippen LogP contribution < -0.4 is 30.4 Å². The molecule has 8 nitrogen and oxygen atoms in total. The van der Waals surface area contributed by atoms with Crippen molar-refractivity contribution in [3.63, 3.8) is 0 Å². The molecule has 0 saturated carbocycles. The van der Waals surface area contributed by atoms with Crippen molar-refractivity contribution in [1.29, 1.82) is 0 Å². The summed E-state index contributed by atoms with van der Waals surface area (Å²) in [5, 5.41) is 16.2. The molecule has 2 aliphatic heterocycles. The number of fused-ring (bicyclic) bond motifs is 1. The molecule has 3 heterocycles. The Labute approximate surface area is 196 Å². The molecule has 1 fully saturated rings. The maximum absolute atomic E-state index is 13.7. The highest BCUT2D eigenvalue weighted by molar-refractivity contribution is 7.10. The van der Waals surface area contributed by atoms with E-state index in [1.807, 2.05) is 12.1 Å². The van der Waals surface area contributed by atoms with Gasteiger partial charge in [0.2, 0.25) is 5.75 Å². The van der Waals surface area contributed by atoms with Gasteiger partial charge in [-0.25, -0.2) is 10.9 Å². The molecule has 1 saturated heterocycles. The van der Waals surface area contributed by atoms with Crippen LogP contribution in [0.4, 0.5) is 0 Å². The number of nitrogens with one attached hydrogen (secondary N) is 3. The Morgan fingerprint density at radius 1 is 1.06 bits per heavy atom. The van der Waals surface area contributed by atoms with Gasteiger partial charge in [-0.3, -0.25) is 4.79 Å². The van der Waals surface area contributed by atoms with Gasteiger partial charge in [-0.05, 0) is 54.0 Å². The number of ether oxygens (including phenoxy) is 3. The van der Waals surface area contributed by atoms with Crippen molar-refractivity contribution in [3.8, 4) is 17.2 Å². The van der Waals surface area contributed by atoms with Gasteiger partial charge in [-0.2, -0.15) is 0 Å². The number of hydrogen-bond donors (Lipinski definition) is 4. The van der Waals surface area contributed by atoms with Crippen LogP contribution in [0.1, 0.15) is 40.7 Å². The first-order valence-corrected chi connectivity index (χ1v) is 11.9. The molecule has 5 atom stereocenters. The number of hydrogen-bond acceptors (Lipinski definition) is 9. The van der Waals surface area contributed by atoms with Crippen molar-refractivity contribution < 1.29 is 24.1 Å². The summed E-state index contributed by atoms with van der Waals surface area (Å²) in [6.07, 6.45) is 0.149. The number of allylic oxidation sites excluding steroid dienone is 2. The molecule has 0 amide bonds. The normalized spacial score (nSPS) is 28.8. The molecule has 5 rings (SSSR count). The monoisotopic (exact) mass is 471 g/mol. The number of aliphatic hydroxyl groups excluding tert-OH is 1.